The van der Waals surface area contributed by atoms with Gasteiger partial charge in [-0.15, -0.1) is 0 Å². The van der Waals surface area contributed by atoms with E-state index in [1.807, 2.05) is 6.07 Å². The molecule has 0 saturated carbocycles. The Bertz CT molecular complexity index is 550. The molecule has 3 rings (SSSR count). The summed E-state index contributed by atoms with van der Waals surface area (Å²) in [6, 6.07) is 3.58. The maximum atomic E-state index is 11.7. The Labute approximate surface area is 136 Å². The lowest BCUT2D eigenvalue weighted by molar-refractivity contribution is 0.0530. The summed E-state index contributed by atoms with van der Waals surface area (Å²) in [6.45, 7) is 2.83. The number of nitrogens with zero attached hydrogens (tertiary/aromatic N) is 2. The van der Waals surface area contributed by atoms with Gasteiger partial charge in [-0.25, -0.2) is 4.79 Å². The van der Waals surface area contributed by atoms with Crippen molar-refractivity contribution in [1.29, 1.82) is 0 Å². The van der Waals surface area contributed by atoms with Gasteiger partial charge in [0.25, 0.3) is 0 Å². The van der Waals surface area contributed by atoms with Crippen LogP contribution in [0.5, 0.6) is 5.88 Å². The van der Waals surface area contributed by atoms with E-state index in [2.05, 4.69) is 9.88 Å². The number of hydrogen-bond donors (Lipinski definition) is 0. The van der Waals surface area contributed by atoms with Crippen LogP contribution in [0.2, 0.25) is 0 Å². The summed E-state index contributed by atoms with van der Waals surface area (Å²) >= 11 is 0. The molecule has 0 radical (unpaired) electrons. The minimum Gasteiger partial charge on any atom is -0.480 e. The maximum Gasteiger partial charge on any atom is 0.343 e. The fourth-order valence-corrected chi connectivity index (χ4v) is 3.50. The highest BCUT2D eigenvalue weighted by Gasteiger charge is 2.30. The highest BCUT2D eigenvalue weighted by molar-refractivity contribution is 5.92. The van der Waals surface area contributed by atoms with Gasteiger partial charge in [0.2, 0.25) is 5.88 Å². The molecule has 0 amide bonds. The van der Waals surface area contributed by atoms with E-state index in [9.17, 15) is 4.79 Å². The van der Waals surface area contributed by atoms with Crippen LogP contribution < -0.4 is 9.64 Å². The predicted molar refractivity (Wildman–Crippen MR) is 86.0 cm³/mol. The summed E-state index contributed by atoms with van der Waals surface area (Å²) in [7, 11) is 2.87. The van der Waals surface area contributed by atoms with E-state index in [1.54, 1.807) is 6.07 Å². The molecular weight excluding hydrogens is 296 g/mol. The molecule has 2 saturated heterocycles. The predicted octanol–water partition coefficient (Wildman–Crippen LogP) is 2.27. The number of aromatic nitrogens is 1. The minimum atomic E-state index is -0.432. The number of carbonyl (C=O) groups is 1. The monoisotopic (exact) mass is 320 g/mol. The van der Waals surface area contributed by atoms with Crippen molar-refractivity contribution in [2.45, 2.75) is 31.8 Å². The van der Waals surface area contributed by atoms with E-state index >= 15 is 0 Å². The molecule has 6 nitrogen and oxygen atoms in total. The van der Waals surface area contributed by atoms with Gasteiger partial charge in [0, 0.05) is 19.7 Å². The molecule has 1 unspecified atom stereocenters. The van der Waals surface area contributed by atoms with Gasteiger partial charge >= 0.3 is 5.97 Å². The van der Waals surface area contributed by atoms with Gasteiger partial charge in [-0.2, -0.15) is 4.98 Å². The summed E-state index contributed by atoms with van der Waals surface area (Å²) in [5.74, 6) is 1.39. The molecular formula is C17H24N2O4. The number of carbonyl (C=O) groups excluding carboxylic acids is 1. The fourth-order valence-electron chi connectivity index (χ4n) is 3.50. The fraction of sp³-hybridized carbons (Fsp3) is 0.647. The Morgan fingerprint density at radius 1 is 1.26 bits per heavy atom. The average molecular weight is 320 g/mol. The molecule has 1 atom stereocenters. The van der Waals surface area contributed by atoms with E-state index in [1.165, 1.54) is 27.1 Å². The zero-order chi connectivity index (χ0) is 16.2. The lowest BCUT2D eigenvalue weighted by Gasteiger charge is -2.35. The van der Waals surface area contributed by atoms with Gasteiger partial charge in [0.1, 0.15) is 11.4 Å². The minimum absolute atomic E-state index is 0.315. The van der Waals surface area contributed by atoms with Crippen molar-refractivity contribution in [3.63, 3.8) is 0 Å². The topological polar surface area (TPSA) is 60.9 Å². The number of anilines is 1. The van der Waals surface area contributed by atoms with Crippen LogP contribution in [0.1, 0.15) is 36.0 Å². The lowest BCUT2D eigenvalue weighted by Crippen LogP contribution is -2.38. The van der Waals surface area contributed by atoms with Crippen molar-refractivity contribution >= 4 is 11.8 Å². The molecule has 2 fully saturated rings. The number of methoxy groups -OCH3 is 2. The van der Waals surface area contributed by atoms with Crippen LogP contribution >= 0.6 is 0 Å². The number of esters is 1. The second-order valence-electron chi connectivity index (χ2n) is 6.09. The molecule has 0 aromatic carbocycles. The van der Waals surface area contributed by atoms with Crippen LogP contribution in [0.3, 0.4) is 0 Å². The quantitative estimate of drug-likeness (QED) is 0.793. The van der Waals surface area contributed by atoms with Gasteiger partial charge in [-0.3, -0.25) is 0 Å². The first-order valence-corrected chi connectivity index (χ1v) is 8.23. The molecule has 126 valence electrons. The number of pyridine rings is 1. The van der Waals surface area contributed by atoms with Crippen LogP contribution in [-0.2, 0) is 9.47 Å². The van der Waals surface area contributed by atoms with E-state index in [0.717, 1.165) is 38.4 Å². The zero-order valence-corrected chi connectivity index (χ0v) is 13.8. The van der Waals surface area contributed by atoms with Crippen LogP contribution in [0.25, 0.3) is 0 Å². The SMILES string of the molecule is COC(=O)c1ccc(N2CCC(C3CCCO3)CC2)nc1OC. The first kappa shape index (κ1) is 16.1. The Morgan fingerprint density at radius 2 is 2.04 bits per heavy atom. The van der Waals surface area contributed by atoms with Crippen molar-refractivity contribution in [3.8, 4) is 5.88 Å². The van der Waals surface area contributed by atoms with Crippen LogP contribution in [0.15, 0.2) is 12.1 Å². The van der Waals surface area contributed by atoms with Gasteiger partial charge in [0.05, 0.1) is 20.3 Å². The molecule has 1 aromatic heterocycles. The molecule has 0 aliphatic carbocycles. The van der Waals surface area contributed by atoms with Crippen molar-refractivity contribution in [3.05, 3.63) is 17.7 Å². The van der Waals surface area contributed by atoms with Gasteiger partial charge in [-0.05, 0) is 43.7 Å². The summed E-state index contributed by atoms with van der Waals surface area (Å²) in [4.78, 5) is 18.4. The third-order valence-corrected chi connectivity index (χ3v) is 4.80. The van der Waals surface area contributed by atoms with Gasteiger partial charge in [-0.1, -0.05) is 0 Å². The molecule has 2 aliphatic rings. The smallest absolute Gasteiger partial charge is 0.343 e. The largest absolute Gasteiger partial charge is 0.480 e. The molecule has 6 heteroatoms. The first-order valence-electron chi connectivity index (χ1n) is 8.23. The van der Waals surface area contributed by atoms with Crippen molar-refractivity contribution < 1.29 is 19.0 Å². The average Bonchev–Trinajstić information content (AvgIpc) is 3.15. The standard InChI is InChI=1S/C17H24N2O4/c1-21-16-13(17(20)22-2)5-6-15(18-16)19-9-7-12(8-10-19)14-4-3-11-23-14/h5-6,12,14H,3-4,7-11H2,1-2H3. The molecule has 3 heterocycles. The summed E-state index contributed by atoms with van der Waals surface area (Å²) in [5.41, 5.74) is 0.355. The second-order valence-corrected chi connectivity index (χ2v) is 6.09. The molecule has 23 heavy (non-hydrogen) atoms. The first-order chi connectivity index (χ1) is 11.2. The number of rotatable bonds is 4. The Hall–Kier alpha value is -1.82. The summed E-state index contributed by atoms with van der Waals surface area (Å²) in [6.07, 6.45) is 5.07. The Balaban J connectivity index is 1.67. The normalized spacial score (nSPS) is 22.2. The van der Waals surface area contributed by atoms with E-state index < -0.39 is 5.97 Å². The number of hydrogen-bond acceptors (Lipinski definition) is 6. The van der Waals surface area contributed by atoms with E-state index in [4.69, 9.17) is 14.2 Å². The molecule has 0 bridgehead atoms. The van der Waals surface area contributed by atoms with Crippen LogP contribution in [0, 0.1) is 5.92 Å². The third kappa shape index (κ3) is 3.42. The molecule has 1 aromatic rings. The number of ether oxygens (including phenoxy) is 3. The Kier molecular flexibility index (Phi) is 5.00. The van der Waals surface area contributed by atoms with Gasteiger partial charge < -0.3 is 19.1 Å². The van der Waals surface area contributed by atoms with Crippen molar-refractivity contribution in [2.75, 3.05) is 38.8 Å². The molecule has 0 spiro atoms. The third-order valence-electron chi connectivity index (χ3n) is 4.80. The van der Waals surface area contributed by atoms with Gasteiger partial charge in [0.15, 0.2) is 0 Å². The van der Waals surface area contributed by atoms with Crippen LogP contribution in [-0.4, -0.2) is 51.0 Å². The highest BCUT2D eigenvalue weighted by atomic mass is 16.5. The molecule has 2 aliphatic heterocycles. The maximum absolute atomic E-state index is 11.7. The highest BCUT2D eigenvalue weighted by Crippen LogP contribution is 2.31. The zero-order valence-electron chi connectivity index (χ0n) is 13.8. The van der Waals surface area contributed by atoms with Crippen molar-refractivity contribution in [1.82, 2.24) is 4.98 Å². The molecule has 0 N–H and O–H groups in total. The van der Waals surface area contributed by atoms with E-state index in [-0.39, 0.29) is 0 Å². The van der Waals surface area contributed by atoms with E-state index in [0.29, 0.717) is 23.5 Å². The Morgan fingerprint density at radius 3 is 2.65 bits per heavy atom. The summed E-state index contributed by atoms with van der Waals surface area (Å²) < 4.78 is 15.8. The number of piperidine rings is 1. The van der Waals surface area contributed by atoms with Crippen LogP contribution in [0.4, 0.5) is 5.82 Å². The summed E-state index contributed by atoms with van der Waals surface area (Å²) in [5, 5.41) is 0. The second kappa shape index (κ2) is 7.17. The lowest BCUT2D eigenvalue weighted by atomic mass is 9.90. The van der Waals surface area contributed by atoms with Crippen molar-refractivity contribution in [2.24, 2.45) is 5.92 Å².